The van der Waals surface area contributed by atoms with E-state index in [0.29, 0.717) is 6.42 Å². The van der Waals surface area contributed by atoms with Gasteiger partial charge in [0, 0.05) is 17.5 Å². The van der Waals surface area contributed by atoms with E-state index >= 15 is 0 Å². The highest BCUT2D eigenvalue weighted by Gasteiger charge is 2.08. The molecule has 0 N–H and O–H groups in total. The largest absolute Gasteiger partial charge is 0.294 e. The highest BCUT2D eigenvalue weighted by atomic mass is 28.3. The van der Waals surface area contributed by atoms with Gasteiger partial charge in [-0.1, -0.05) is 96.0 Å². The molecule has 0 unspecified atom stereocenters. The van der Waals surface area contributed by atoms with Crippen molar-refractivity contribution in [1.29, 1.82) is 0 Å². The summed E-state index contributed by atoms with van der Waals surface area (Å²) in [5.41, 5.74) is 5.21. The zero-order valence-corrected chi connectivity index (χ0v) is 17.8. The molecule has 0 fully saturated rings. The van der Waals surface area contributed by atoms with Crippen LogP contribution in [0, 0.1) is 11.5 Å². The van der Waals surface area contributed by atoms with Crippen LogP contribution in [0.4, 0.5) is 0 Å². The molecule has 25 heavy (non-hydrogen) atoms. The summed E-state index contributed by atoms with van der Waals surface area (Å²) in [5.74, 6) is 3.51. The van der Waals surface area contributed by atoms with E-state index < -0.39 is 8.07 Å². The molecule has 0 atom stereocenters. The Morgan fingerprint density at radius 2 is 1.36 bits per heavy atom. The van der Waals surface area contributed by atoms with Crippen molar-refractivity contribution in [1.82, 2.24) is 0 Å². The normalized spacial score (nSPS) is 11.0. The molecule has 138 valence electrons. The molecule has 0 aliphatic heterocycles. The van der Waals surface area contributed by atoms with Gasteiger partial charge in [-0.3, -0.25) is 4.79 Å². The van der Waals surface area contributed by atoms with Gasteiger partial charge in [-0.25, -0.2) is 0 Å². The predicted molar refractivity (Wildman–Crippen MR) is 113 cm³/mol. The second-order valence-electron chi connectivity index (χ2n) is 8.08. The SMILES string of the molecule is CCCCCCCCCCCC(=O)c1ccc(C#C[Si](C)(C)C)cc1. The number of benzene rings is 1. The first kappa shape index (κ1) is 21.7. The Balaban J connectivity index is 2.23. The number of hydrogen-bond donors (Lipinski definition) is 0. The van der Waals surface area contributed by atoms with Gasteiger partial charge < -0.3 is 0 Å². The number of carbonyl (C=O) groups excluding carboxylic acids is 1. The van der Waals surface area contributed by atoms with Crippen LogP contribution in [0.2, 0.25) is 19.6 Å². The number of ketones is 1. The fourth-order valence-corrected chi connectivity index (χ4v) is 3.26. The van der Waals surface area contributed by atoms with Crippen molar-refractivity contribution in [3.8, 4) is 11.5 Å². The molecule has 1 aromatic rings. The van der Waals surface area contributed by atoms with Crippen molar-refractivity contribution in [3.63, 3.8) is 0 Å². The van der Waals surface area contributed by atoms with E-state index in [4.69, 9.17) is 0 Å². The monoisotopic (exact) mass is 356 g/mol. The Kier molecular flexibility index (Phi) is 10.5. The molecule has 0 aliphatic rings. The average Bonchev–Trinajstić information content (AvgIpc) is 2.58. The van der Waals surface area contributed by atoms with Gasteiger partial charge >= 0.3 is 0 Å². The second-order valence-corrected chi connectivity index (χ2v) is 12.8. The summed E-state index contributed by atoms with van der Waals surface area (Å²) in [5, 5.41) is 0. The van der Waals surface area contributed by atoms with E-state index in [1.807, 2.05) is 24.3 Å². The number of Topliss-reactive ketones (excluding diaryl/α,β-unsaturated/α-hetero) is 1. The molecule has 0 radical (unpaired) electrons. The van der Waals surface area contributed by atoms with E-state index in [2.05, 4.69) is 38.0 Å². The van der Waals surface area contributed by atoms with Gasteiger partial charge in [0.15, 0.2) is 5.78 Å². The zero-order valence-electron chi connectivity index (χ0n) is 16.8. The maximum Gasteiger partial charge on any atom is 0.162 e. The third-order valence-electron chi connectivity index (χ3n) is 4.30. The van der Waals surface area contributed by atoms with Crippen LogP contribution in [-0.4, -0.2) is 13.9 Å². The Bertz CT molecular complexity index is 554. The van der Waals surface area contributed by atoms with Crippen molar-refractivity contribution < 1.29 is 4.79 Å². The first-order chi connectivity index (χ1) is 11.9. The lowest BCUT2D eigenvalue weighted by Crippen LogP contribution is -2.16. The van der Waals surface area contributed by atoms with Crippen molar-refractivity contribution in [2.24, 2.45) is 0 Å². The number of rotatable bonds is 11. The molecular formula is C23H36OSi. The standard InChI is InChI=1S/C23H36OSi/c1-5-6-7-8-9-10-11-12-13-14-23(24)22-17-15-21(16-18-22)19-20-25(2,3)4/h15-18H,5-14H2,1-4H3. The van der Waals surface area contributed by atoms with Crippen LogP contribution in [-0.2, 0) is 0 Å². The Hall–Kier alpha value is -1.33. The van der Waals surface area contributed by atoms with Crippen LogP contribution in [0.5, 0.6) is 0 Å². The fourth-order valence-electron chi connectivity index (χ4n) is 2.74. The third kappa shape index (κ3) is 11.0. The van der Waals surface area contributed by atoms with Gasteiger partial charge in [-0.15, -0.1) is 5.54 Å². The summed E-state index contributed by atoms with van der Waals surface area (Å²) in [6.45, 7) is 8.97. The molecule has 1 aromatic carbocycles. The van der Waals surface area contributed by atoms with Crippen LogP contribution in [0.25, 0.3) is 0 Å². The molecule has 1 rings (SSSR count). The fraction of sp³-hybridized carbons (Fsp3) is 0.609. The molecule has 1 nitrogen and oxygen atoms in total. The molecule has 0 aromatic heterocycles. The zero-order chi connectivity index (χ0) is 18.5. The van der Waals surface area contributed by atoms with Crippen LogP contribution < -0.4 is 0 Å². The second kappa shape index (κ2) is 12.1. The van der Waals surface area contributed by atoms with Crippen LogP contribution in [0.3, 0.4) is 0 Å². The third-order valence-corrected chi connectivity index (χ3v) is 5.17. The molecule has 2 heteroatoms. The van der Waals surface area contributed by atoms with E-state index in [1.165, 1.54) is 51.4 Å². The highest BCUT2D eigenvalue weighted by molar-refractivity contribution is 6.83. The van der Waals surface area contributed by atoms with E-state index in [-0.39, 0.29) is 5.78 Å². The number of carbonyl (C=O) groups is 1. The van der Waals surface area contributed by atoms with Crippen LogP contribution in [0.1, 0.15) is 87.1 Å². The predicted octanol–water partition coefficient (Wildman–Crippen LogP) is 7.02. The smallest absolute Gasteiger partial charge is 0.162 e. The summed E-state index contributed by atoms with van der Waals surface area (Å²) in [7, 11) is -1.34. The Morgan fingerprint density at radius 1 is 0.840 bits per heavy atom. The summed E-state index contributed by atoms with van der Waals surface area (Å²) in [4.78, 5) is 12.3. The van der Waals surface area contributed by atoms with Gasteiger partial charge in [0.25, 0.3) is 0 Å². The molecule has 0 amide bonds. The van der Waals surface area contributed by atoms with Crippen molar-refractivity contribution in [3.05, 3.63) is 35.4 Å². The summed E-state index contributed by atoms with van der Waals surface area (Å²) >= 11 is 0. The first-order valence-corrected chi connectivity index (χ1v) is 13.6. The van der Waals surface area contributed by atoms with E-state index in [9.17, 15) is 4.79 Å². The number of unbranched alkanes of at least 4 members (excludes halogenated alkanes) is 8. The maximum absolute atomic E-state index is 12.3. The topological polar surface area (TPSA) is 17.1 Å². The Labute approximate surface area is 156 Å². The quantitative estimate of drug-likeness (QED) is 0.180. The van der Waals surface area contributed by atoms with Gasteiger partial charge in [0.05, 0.1) is 0 Å². The van der Waals surface area contributed by atoms with Crippen LogP contribution in [0.15, 0.2) is 24.3 Å². The Morgan fingerprint density at radius 3 is 1.88 bits per heavy atom. The van der Waals surface area contributed by atoms with E-state index in [1.54, 1.807) is 0 Å². The first-order valence-electron chi connectivity index (χ1n) is 10.1. The minimum atomic E-state index is -1.34. The molecule has 0 bridgehead atoms. The summed E-state index contributed by atoms with van der Waals surface area (Å²) in [6, 6.07) is 7.84. The van der Waals surface area contributed by atoms with Gasteiger partial charge in [0.1, 0.15) is 8.07 Å². The molecule has 0 heterocycles. The van der Waals surface area contributed by atoms with Crippen molar-refractivity contribution in [2.45, 2.75) is 90.8 Å². The minimum absolute atomic E-state index is 0.271. The van der Waals surface area contributed by atoms with Gasteiger partial charge in [-0.05, 0) is 18.6 Å². The molecule has 0 spiro atoms. The van der Waals surface area contributed by atoms with Crippen molar-refractivity contribution >= 4 is 13.9 Å². The van der Waals surface area contributed by atoms with Gasteiger partial charge in [0.2, 0.25) is 0 Å². The lowest BCUT2D eigenvalue weighted by atomic mass is 10.0. The number of hydrogen-bond acceptors (Lipinski definition) is 1. The maximum atomic E-state index is 12.3. The molecule has 0 saturated carbocycles. The molecule has 0 aliphatic carbocycles. The molecule has 0 saturated heterocycles. The van der Waals surface area contributed by atoms with Gasteiger partial charge in [-0.2, -0.15) is 0 Å². The van der Waals surface area contributed by atoms with Crippen LogP contribution >= 0.6 is 0 Å². The lowest BCUT2D eigenvalue weighted by Gasteiger charge is -2.04. The highest BCUT2D eigenvalue weighted by Crippen LogP contribution is 2.13. The van der Waals surface area contributed by atoms with Crippen molar-refractivity contribution in [2.75, 3.05) is 0 Å². The lowest BCUT2D eigenvalue weighted by molar-refractivity contribution is 0.0979. The summed E-state index contributed by atoms with van der Waals surface area (Å²) in [6.07, 6.45) is 12.3. The summed E-state index contributed by atoms with van der Waals surface area (Å²) < 4.78 is 0. The average molecular weight is 357 g/mol. The minimum Gasteiger partial charge on any atom is -0.294 e. The molecular weight excluding hydrogens is 320 g/mol. The van der Waals surface area contributed by atoms with E-state index in [0.717, 1.165) is 17.5 Å².